The van der Waals surface area contributed by atoms with Gasteiger partial charge in [0.2, 0.25) is 5.91 Å². The van der Waals surface area contributed by atoms with Gasteiger partial charge in [0.15, 0.2) is 0 Å². The van der Waals surface area contributed by atoms with Crippen molar-refractivity contribution < 1.29 is 19.1 Å². The van der Waals surface area contributed by atoms with Gasteiger partial charge in [-0.05, 0) is 55.7 Å². The average Bonchev–Trinajstić information content (AvgIpc) is 2.93. The van der Waals surface area contributed by atoms with Gasteiger partial charge in [-0.2, -0.15) is 0 Å². The zero-order chi connectivity index (χ0) is 27.8. The second kappa shape index (κ2) is 12.3. The summed E-state index contributed by atoms with van der Waals surface area (Å²) in [6, 6.07) is 27.7. The molecule has 200 valence electrons. The van der Waals surface area contributed by atoms with E-state index in [1.807, 2.05) is 91.0 Å². The number of aromatic nitrogens is 1. The molecule has 0 bridgehead atoms. The van der Waals surface area contributed by atoms with E-state index in [0.717, 1.165) is 22.3 Å². The SMILES string of the molecule is COc1cnccc1-c1ccc(NC(=O)[C@@H](NC(=O)OC(C)(C)C)C(c2ccccc2)c2ccccc2)cc1. The summed E-state index contributed by atoms with van der Waals surface area (Å²) >= 11 is 0. The van der Waals surface area contributed by atoms with Crippen LogP contribution in [0.3, 0.4) is 0 Å². The maximum atomic E-state index is 13.8. The number of anilines is 1. The third-order valence-electron chi connectivity index (χ3n) is 6.07. The van der Waals surface area contributed by atoms with Crippen LogP contribution in [0.2, 0.25) is 0 Å². The molecule has 0 unspecified atom stereocenters. The van der Waals surface area contributed by atoms with E-state index in [1.165, 1.54) is 0 Å². The van der Waals surface area contributed by atoms with Crippen molar-refractivity contribution in [3.8, 4) is 16.9 Å². The Kier molecular flexibility index (Phi) is 8.61. The lowest BCUT2D eigenvalue weighted by atomic mass is 9.84. The Morgan fingerprint density at radius 2 is 1.41 bits per heavy atom. The molecular formula is C32H33N3O4. The summed E-state index contributed by atoms with van der Waals surface area (Å²) in [6.07, 6.45) is 2.69. The highest BCUT2D eigenvalue weighted by Crippen LogP contribution is 2.31. The monoisotopic (exact) mass is 523 g/mol. The quantitative estimate of drug-likeness (QED) is 0.278. The highest BCUT2D eigenvalue weighted by Gasteiger charge is 2.34. The van der Waals surface area contributed by atoms with E-state index in [2.05, 4.69) is 15.6 Å². The summed E-state index contributed by atoms with van der Waals surface area (Å²) in [5.74, 6) is -0.169. The minimum Gasteiger partial charge on any atom is -0.494 e. The largest absolute Gasteiger partial charge is 0.494 e. The Bertz CT molecular complexity index is 1350. The summed E-state index contributed by atoms with van der Waals surface area (Å²) in [5.41, 5.74) is 3.46. The van der Waals surface area contributed by atoms with Crippen molar-refractivity contribution in [1.82, 2.24) is 10.3 Å². The summed E-state index contributed by atoms with van der Waals surface area (Å²) in [5, 5.41) is 5.83. The third kappa shape index (κ3) is 7.23. The third-order valence-corrected chi connectivity index (χ3v) is 6.07. The minimum atomic E-state index is -0.954. The molecule has 7 nitrogen and oxygen atoms in total. The van der Waals surface area contributed by atoms with Gasteiger partial charge in [-0.3, -0.25) is 9.78 Å². The van der Waals surface area contributed by atoms with Gasteiger partial charge in [0.1, 0.15) is 17.4 Å². The van der Waals surface area contributed by atoms with Gasteiger partial charge in [-0.1, -0.05) is 72.8 Å². The van der Waals surface area contributed by atoms with Crippen LogP contribution in [0.25, 0.3) is 11.1 Å². The van der Waals surface area contributed by atoms with Gasteiger partial charge in [-0.25, -0.2) is 4.79 Å². The Morgan fingerprint density at radius 1 is 0.821 bits per heavy atom. The highest BCUT2D eigenvalue weighted by molar-refractivity contribution is 5.98. The standard InChI is InChI=1S/C32H33N3O4/c1-32(2,3)39-31(37)35-29(28(23-11-7-5-8-12-23)24-13-9-6-10-14-24)30(36)34-25-17-15-22(16-18-25)26-19-20-33-21-27(26)38-4/h5-21,28-29H,1-4H3,(H,34,36)(H,35,37)/t29-/m0/s1. The van der Waals surface area contributed by atoms with Crippen LogP contribution in [0.15, 0.2) is 103 Å². The van der Waals surface area contributed by atoms with Gasteiger partial charge in [0.25, 0.3) is 0 Å². The molecule has 0 radical (unpaired) electrons. The number of rotatable bonds is 8. The maximum absolute atomic E-state index is 13.8. The lowest BCUT2D eigenvalue weighted by molar-refractivity contribution is -0.118. The van der Waals surface area contributed by atoms with Crippen LogP contribution in [0, 0.1) is 0 Å². The number of nitrogens with zero attached hydrogens (tertiary/aromatic N) is 1. The Hall–Kier alpha value is -4.65. The number of carbonyl (C=O) groups excluding carboxylic acids is 2. The maximum Gasteiger partial charge on any atom is 0.408 e. The molecule has 2 N–H and O–H groups in total. The van der Waals surface area contributed by atoms with Gasteiger partial charge in [0, 0.05) is 23.4 Å². The molecular weight excluding hydrogens is 490 g/mol. The van der Waals surface area contributed by atoms with E-state index in [9.17, 15) is 9.59 Å². The molecule has 0 fully saturated rings. The summed E-state index contributed by atoms with van der Waals surface area (Å²) in [4.78, 5) is 30.9. The van der Waals surface area contributed by atoms with Crippen molar-refractivity contribution in [3.05, 3.63) is 115 Å². The first kappa shape index (κ1) is 27.4. The zero-order valence-electron chi connectivity index (χ0n) is 22.5. The molecule has 0 spiro atoms. The Labute approximate surface area is 229 Å². The molecule has 0 saturated carbocycles. The van der Waals surface area contributed by atoms with Crippen molar-refractivity contribution in [1.29, 1.82) is 0 Å². The number of pyridine rings is 1. The molecule has 1 atom stereocenters. The van der Waals surface area contributed by atoms with E-state index in [4.69, 9.17) is 9.47 Å². The fourth-order valence-electron chi connectivity index (χ4n) is 4.37. The van der Waals surface area contributed by atoms with Crippen LogP contribution >= 0.6 is 0 Å². The molecule has 7 heteroatoms. The van der Waals surface area contributed by atoms with Gasteiger partial charge in [-0.15, -0.1) is 0 Å². The molecule has 1 heterocycles. The molecule has 1 aromatic heterocycles. The van der Waals surface area contributed by atoms with E-state index >= 15 is 0 Å². The van der Waals surface area contributed by atoms with Crippen LogP contribution in [0.4, 0.5) is 10.5 Å². The molecule has 4 aromatic rings. The van der Waals surface area contributed by atoms with Crippen molar-refractivity contribution in [3.63, 3.8) is 0 Å². The van der Waals surface area contributed by atoms with Crippen LogP contribution in [0.5, 0.6) is 5.75 Å². The topological polar surface area (TPSA) is 89.5 Å². The lowest BCUT2D eigenvalue weighted by Crippen LogP contribution is -2.49. The first-order valence-electron chi connectivity index (χ1n) is 12.7. The van der Waals surface area contributed by atoms with Crippen LogP contribution in [-0.4, -0.2) is 35.7 Å². The van der Waals surface area contributed by atoms with Crippen molar-refractivity contribution >= 4 is 17.7 Å². The van der Waals surface area contributed by atoms with E-state index in [-0.39, 0.29) is 5.91 Å². The Morgan fingerprint density at radius 3 is 1.95 bits per heavy atom. The molecule has 2 amide bonds. The second-order valence-electron chi connectivity index (χ2n) is 10.1. The number of methoxy groups -OCH3 is 1. The number of amides is 2. The molecule has 4 rings (SSSR count). The number of ether oxygens (including phenoxy) is 2. The zero-order valence-corrected chi connectivity index (χ0v) is 22.5. The van der Waals surface area contributed by atoms with Gasteiger partial charge < -0.3 is 20.1 Å². The van der Waals surface area contributed by atoms with Crippen LogP contribution in [-0.2, 0) is 9.53 Å². The predicted molar refractivity (Wildman–Crippen MR) is 153 cm³/mol. The van der Waals surface area contributed by atoms with E-state index in [1.54, 1.807) is 40.3 Å². The smallest absolute Gasteiger partial charge is 0.408 e. The predicted octanol–water partition coefficient (Wildman–Crippen LogP) is 6.42. The summed E-state index contributed by atoms with van der Waals surface area (Å²) in [7, 11) is 1.60. The fraction of sp³-hybridized carbons (Fsp3) is 0.219. The highest BCUT2D eigenvalue weighted by atomic mass is 16.6. The number of hydrogen-bond donors (Lipinski definition) is 2. The molecule has 3 aromatic carbocycles. The average molecular weight is 524 g/mol. The van der Waals surface area contributed by atoms with E-state index in [0.29, 0.717) is 11.4 Å². The number of benzene rings is 3. The van der Waals surface area contributed by atoms with Crippen molar-refractivity contribution in [2.75, 3.05) is 12.4 Å². The fourth-order valence-corrected chi connectivity index (χ4v) is 4.37. The van der Waals surface area contributed by atoms with Crippen molar-refractivity contribution in [2.24, 2.45) is 0 Å². The van der Waals surface area contributed by atoms with Crippen molar-refractivity contribution in [2.45, 2.75) is 38.3 Å². The lowest BCUT2D eigenvalue weighted by Gasteiger charge is -2.29. The van der Waals surface area contributed by atoms with Crippen LogP contribution < -0.4 is 15.4 Å². The Balaban J connectivity index is 1.66. The number of hydrogen-bond acceptors (Lipinski definition) is 5. The molecule has 0 saturated heterocycles. The first-order valence-corrected chi connectivity index (χ1v) is 12.7. The minimum absolute atomic E-state index is 0.368. The molecule has 39 heavy (non-hydrogen) atoms. The molecule has 0 aliphatic heterocycles. The van der Waals surface area contributed by atoms with E-state index < -0.39 is 23.7 Å². The molecule has 0 aliphatic carbocycles. The number of alkyl carbamates (subject to hydrolysis) is 1. The number of carbonyl (C=O) groups is 2. The summed E-state index contributed by atoms with van der Waals surface area (Å²) in [6.45, 7) is 5.35. The van der Waals surface area contributed by atoms with Gasteiger partial charge in [0.05, 0.1) is 13.3 Å². The second-order valence-corrected chi connectivity index (χ2v) is 10.1. The normalized spacial score (nSPS) is 11.9. The molecule has 0 aliphatic rings. The summed E-state index contributed by atoms with van der Waals surface area (Å²) < 4.78 is 11.0. The van der Waals surface area contributed by atoms with Crippen LogP contribution in [0.1, 0.15) is 37.8 Å². The number of nitrogens with one attached hydrogen (secondary N) is 2. The van der Waals surface area contributed by atoms with Gasteiger partial charge >= 0.3 is 6.09 Å². The first-order chi connectivity index (χ1) is 18.7.